The highest BCUT2D eigenvalue weighted by Gasteiger charge is 2.23. The molecule has 1 aromatic carbocycles. The van der Waals surface area contributed by atoms with Crippen LogP contribution in [0.2, 0.25) is 0 Å². The number of rotatable bonds is 6. The van der Waals surface area contributed by atoms with E-state index in [1.54, 1.807) is 18.2 Å². The van der Waals surface area contributed by atoms with E-state index in [0.717, 1.165) is 47.5 Å². The molecule has 2 N–H and O–H groups in total. The van der Waals surface area contributed by atoms with Crippen molar-refractivity contribution in [3.8, 4) is 5.75 Å². The fraction of sp³-hybridized carbons (Fsp3) is 0.348. The van der Waals surface area contributed by atoms with Crippen molar-refractivity contribution in [1.82, 2.24) is 25.2 Å². The number of halogens is 1. The fourth-order valence-corrected chi connectivity index (χ4v) is 4.32. The van der Waals surface area contributed by atoms with Gasteiger partial charge < -0.3 is 15.4 Å². The number of carbonyl (C=O) groups is 3. The van der Waals surface area contributed by atoms with E-state index in [1.807, 2.05) is 0 Å². The van der Waals surface area contributed by atoms with Crippen molar-refractivity contribution in [3.63, 3.8) is 0 Å². The van der Waals surface area contributed by atoms with Crippen LogP contribution in [-0.4, -0.2) is 38.9 Å². The van der Waals surface area contributed by atoms with Gasteiger partial charge in [-0.3, -0.25) is 14.4 Å². The van der Waals surface area contributed by atoms with E-state index in [-0.39, 0.29) is 36.0 Å². The third-order valence-electron chi connectivity index (χ3n) is 6.06. The van der Waals surface area contributed by atoms with Crippen LogP contribution in [0.1, 0.15) is 57.8 Å². The average molecular weight is 451 g/mol. The van der Waals surface area contributed by atoms with E-state index in [4.69, 9.17) is 4.74 Å². The van der Waals surface area contributed by atoms with Gasteiger partial charge in [0.2, 0.25) is 0 Å². The summed E-state index contributed by atoms with van der Waals surface area (Å²) >= 11 is 0. The Morgan fingerprint density at radius 2 is 1.97 bits per heavy atom. The topological polar surface area (TPSA) is 115 Å². The molecule has 5 rings (SSSR count). The first-order chi connectivity index (χ1) is 16.0. The molecular weight excluding hydrogens is 429 g/mol. The van der Waals surface area contributed by atoms with Gasteiger partial charge in [-0.1, -0.05) is 18.9 Å². The summed E-state index contributed by atoms with van der Waals surface area (Å²) in [6.45, 7) is 0.691. The van der Waals surface area contributed by atoms with Crippen LogP contribution in [0.5, 0.6) is 5.75 Å². The second-order valence-corrected chi connectivity index (χ2v) is 8.39. The molecule has 1 aliphatic heterocycles. The Morgan fingerprint density at radius 1 is 1.15 bits per heavy atom. The SMILES string of the molecule is O=C1Cc2cc(CNC(=O)c3cc(C(=O)NCC4CCCC4)n4ncc(F)c4n3)ccc2O1. The number of carbonyl (C=O) groups excluding carboxylic acids is 3. The summed E-state index contributed by atoms with van der Waals surface area (Å²) in [6, 6.07) is 6.52. The minimum absolute atomic E-state index is 0.0419. The van der Waals surface area contributed by atoms with Crippen LogP contribution < -0.4 is 15.4 Å². The normalized spacial score (nSPS) is 15.5. The lowest BCUT2D eigenvalue weighted by Crippen LogP contribution is -2.31. The summed E-state index contributed by atoms with van der Waals surface area (Å²) in [6.07, 6.45) is 5.60. The molecule has 3 heterocycles. The fourth-order valence-electron chi connectivity index (χ4n) is 4.32. The summed E-state index contributed by atoms with van der Waals surface area (Å²) < 4.78 is 20.4. The zero-order chi connectivity index (χ0) is 22.9. The molecule has 1 saturated carbocycles. The lowest BCUT2D eigenvalue weighted by molar-refractivity contribution is -0.131. The highest BCUT2D eigenvalue weighted by molar-refractivity contribution is 5.98. The molecule has 9 nitrogen and oxygen atoms in total. The number of fused-ring (bicyclic) bond motifs is 2. The van der Waals surface area contributed by atoms with Gasteiger partial charge in [-0.25, -0.2) is 13.9 Å². The second kappa shape index (κ2) is 8.61. The van der Waals surface area contributed by atoms with Gasteiger partial charge in [0.15, 0.2) is 11.5 Å². The first-order valence-electron chi connectivity index (χ1n) is 10.9. The zero-order valence-corrected chi connectivity index (χ0v) is 17.8. The number of hydrogen-bond donors (Lipinski definition) is 2. The molecule has 0 spiro atoms. The van der Waals surface area contributed by atoms with E-state index < -0.39 is 17.6 Å². The number of aromatic nitrogens is 3. The number of esters is 1. The van der Waals surface area contributed by atoms with Crippen LogP contribution in [-0.2, 0) is 17.8 Å². The first-order valence-corrected chi connectivity index (χ1v) is 10.9. The van der Waals surface area contributed by atoms with Gasteiger partial charge >= 0.3 is 5.97 Å². The van der Waals surface area contributed by atoms with Gasteiger partial charge in [0.1, 0.15) is 17.1 Å². The van der Waals surface area contributed by atoms with Crippen molar-refractivity contribution < 1.29 is 23.5 Å². The van der Waals surface area contributed by atoms with Crippen LogP contribution in [0, 0.1) is 11.7 Å². The Kier molecular flexibility index (Phi) is 5.49. The lowest BCUT2D eigenvalue weighted by atomic mass is 10.1. The smallest absolute Gasteiger partial charge is 0.315 e. The van der Waals surface area contributed by atoms with E-state index in [2.05, 4.69) is 20.7 Å². The Labute approximate surface area is 188 Å². The minimum atomic E-state index is -0.724. The van der Waals surface area contributed by atoms with Gasteiger partial charge in [-0.2, -0.15) is 5.10 Å². The van der Waals surface area contributed by atoms with Crippen LogP contribution >= 0.6 is 0 Å². The molecule has 10 heteroatoms. The predicted molar refractivity (Wildman–Crippen MR) is 114 cm³/mol. The third kappa shape index (κ3) is 4.28. The average Bonchev–Trinajstić information content (AvgIpc) is 3.54. The summed E-state index contributed by atoms with van der Waals surface area (Å²) in [7, 11) is 0. The van der Waals surface area contributed by atoms with E-state index >= 15 is 0 Å². The number of amides is 2. The summed E-state index contributed by atoms with van der Waals surface area (Å²) in [5, 5.41) is 9.50. The van der Waals surface area contributed by atoms with Gasteiger partial charge in [0.05, 0.1) is 12.6 Å². The molecule has 2 aliphatic rings. The van der Waals surface area contributed by atoms with Crippen molar-refractivity contribution in [1.29, 1.82) is 0 Å². The standard InChI is InChI=1S/C23H22FN5O4/c24-16-12-27-29-18(23(32)26-10-13-3-1-2-4-13)9-17(28-21(16)29)22(31)25-11-14-5-6-19-15(7-14)8-20(30)33-19/h5-7,9,12-13H,1-4,8,10-11H2,(H,25,31)(H,26,32). The Hall–Kier alpha value is -3.82. The summed E-state index contributed by atoms with van der Waals surface area (Å²) in [4.78, 5) is 41.1. The number of nitrogens with zero attached hydrogens (tertiary/aromatic N) is 3. The molecule has 0 bridgehead atoms. The van der Waals surface area contributed by atoms with Crippen molar-refractivity contribution in [2.24, 2.45) is 5.92 Å². The van der Waals surface area contributed by atoms with Crippen LogP contribution in [0.25, 0.3) is 5.65 Å². The van der Waals surface area contributed by atoms with Crippen molar-refractivity contribution in [2.45, 2.75) is 38.6 Å². The molecule has 0 saturated heterocycles. The maximum Gasteiger partial charge on any atom is 0.315 e. The molecule has 0 unspecified atom stereocenters. The molecule has 2 aromatic heterocycles. The maximum absolute atomic E-state index is 14.2. The van der Waals surface area contributed by atoms with Crippen LogP contribution in [0.3, 0.4) is 0 Å². The van der Waals surface area contributed by atoms with Crippen molar-refractivity contribution in [2.75, 3.05) is 6.54 Å². The monoisotopic (exact) mass is 451 g/mol. The largest absolute Gasteiger partial charge is 0.426 e. The van der Waals surface area contributed by atoms with Crippen LogP contribution in [0.15, 0.2) is 30.5 Å². The highest BCUT2D eigenvalue weighted by atomic mass is 19.1. The summed E-state index contributed by atoms with van der Waals surface area (Å²) in [5.41, 5.74) is 1.29. The zero-order valence-electron chi connectivity index (χ0n) is 17.8. The predicted octanol–water partition coefficient (Wildman–Crippen LogP) is 2.18. The number of ether oxygens (including phenoxy) is 1. The molecule has 3 aromatic rings. The molecule has 33 heavy (non-hydrogen) atoms. The molecule has 0 radical (unpaired) electrons. The van der Waals surface area contributed by atoms with Gasteiger partial charge in [-0.15, -0.1) is 0 Å². The van der Waals surface area contributed by atoms with E-state index in [9.17, 15) is 18.8 Å². The highest BCUT2D eigenvalue weighted by Crippen LogP contribution is 2.27. The van der Waals surface area contributed by atoms with Gasteiger partial charge in [0, 0.05) is 24.7 Å². The molecule has 0 atom stereocenters. The van der Waals surface area contributed by atoms with Gasteiger partial charge in [-0.05, 0) is 36.5 Å². The molecule has 1 aliphatic carbocycles. The number of hydrogen-bond acceptors (Lipinski definition) is 6. The first kappa shape index (κ1) is 21.0. The second-order valence-electron chi connectivity index (χ2n) is 8.39. The lowest BCUT2D eigenvalue weighted by Gasteiger charge is -2.12. The minimum Gasteiger partial charge on any atom is -0.426 e. The maximum atomic E-state index is 14.2. The molecule has 2 amide bonds. The Balaban J connectivity index is 1.33. The number of nitrogens with one attached hydrogen (secondary N) is 2. The van der Waals surface area contributed by atoms with Crippen LogP contribution in [0.4, 0.5) is 4.39 Å². The Morgan fingerprint density at radius 3 is 2.79 bits per heavy atom. The Bertz CT molecular complexity index is 1270. The van der Waals surface area contributed by atoms with E-state index in [0.29, 0.717) is 18.2 Å². The molecular formula is C23H22FN5O4. The van der Waals surface area contributed by atoms with E-state index in [1.165, 1.54) is 6.07 Å². The van der Waals surface area contributed by atoms with Crippen molar-refractivity contribution in [3.05, 3.63) is 58.8 Å². The van der Waals surface area contributed by atoms with Crippen molar-refractivity contribution >= 4 is 23.4 Å². The number of benzene rings is 1. The van der Waals surface area contributed by atoms with Gasteiger partial charge in [0.25, 0.3) is 11.8 Å². The quantitative estimate of drug-likeness (QED) is 0.439. The third-order valence-corrected chi connectivity index (χ3v) is 6.06. The molecule has 170 valence electrons. The molecule has 1 fully saturated rings. The summed E-state index contributed by atoms with van der Waals surface area (Å²) in [5.74, 6) is -1.09.